The molecule has 1 aliphatic carbocycles. The van der Waals surface area contributed by atoms with Gasteiger partial charge in [0.05, 0.1) is 6.61 Å². The van der Waals surface area contributed by atoms with E-state index in [0.717, 1.165) is 37.7 Å². The van der Waals surface area contributed by atoms with E-state index in [1.54, 1.807) is 7.11 Å². The Kier molecular flexibility index (Phi) is 5.26. The summed E-state index contributed by atoms with van der Waals surface area (Å²) >= 11 is 0. The van der Waals surface area contributed by atoms with Crippen LogP contribution < -0.4 is 5.32 Å². The lowest BCUT2D eigenvalue weighted by Crippen LogP contribution is -2.41. The predicted molar refractivity (Wildman–Crippen MR) is 71.3 cm³/mol. The molecule has 0 aromatic heterocycles. The van der Waals surface area contributed by atoms with E-state index in [4.69, 9.17) is 4.74 Å². The first-order valence-electron chi connectivity index (χ1n) is 7.30. The lowest BCUT2D eigenvalue weighted by molar-refractivity contribution is 0.145. The third-order valence-electron chi connectivity index (χ3n) is 4.48. The highest BCUT2D eigenvalue weighted by Crippen LogP contribution is 2.33. The largest absolute Gasteiger partial charge is 0.383 e. The lowest BCUT2D eigenvalue weighted by Gasteiger charge is -2.25. The van der Waals surface area contributed by atoms with Gasteiger partial charge in [-0.2, -0.15) is 0 Å². The van der Waals surface area contributed by atoms with Crippen LogP contribution >= 0.6 is 0 Å². The van der Waals surface area contributed by atoms with Crippen molar-refractivity contribution < 1.29 is 4.74 Å². The molecule has 100 valence electrons. The molecular weight excluding hydrogens is 212 g/mol. The van der Waals surface area contributed by atoms with Gasteiger partial charge in [0, 0.05) is 32.3 Å². The van der Waals surface area contributed by atoms with Gasteiger partial charge in [-0.25, -0.2) is 0 Å². The van der Waals surface area contributed by atoms with Crippen LogP contribution in [0, 0.1) is 5.92 Å². The second-order valence-electron chi connectivity index (χ2n) is 5.64. The first kappa shape index (κ1) is 13.3. The van der Waals surface area contributed by atoms with Crippen molar-refractivity contribution in [3.8, 4) is 0 Å². The van der Waals surface area contributed by atoms with E-state index >= 15 is 0 Å². The standard InChI is InChI=1S/C14H28N2O/c1-3-16(8-9-17-2)11-13-10-12-6-4-5-7-14(12)15-13/h12-15H,3-11H2,1-2H3. The molecule has 2 rings (SSSR count). The molecule has 1 saturated carbocycles. The van der Waals surface area contributed by atoms with Gasteiger partial charge in [-0.3, -0.25) is 4.90 Å². The summed E-state index contributed by atoms with van der Waals surface area (Å²) in [5.74, 6) is 0.967. The maximum atomic E-state index is 5.17. The summed E-state index contributed by atoms with van der Waals surface area (Å²) in [6.07, 6.45) is 7.15. The predicted octanol–water partition coefficient (Wildman–Crippen LogP) is 1.88. The van der Waals surface area contributed by atoms with Crippen LogP contribution in [0.3, 0.4) is 0 Å². The zero-order valence-corrected chi connectivity index (χ0v) is 11.5. The maximum Gasteiger partial charge on any atom is 0.0589 e. The normalized spacial score (nSPS) is 33.0. The quantitative estimate of drug-likeness (QED) is 0.767. The fourth-order valence-corrected chi connectivity index (χ4v) is 3.48. The number of fused-ring (bicyclic) bond motifs is 1. The van der Waals surface area contributed by atoms with Gasteiger partial charge in [-0.15, -0.1) is 0 Å². The van der Waals surface area contributed by atoms with Crippen molar-refractivity contribution >= 4 is 0 Å². The molecule has 0 aromatic rings. The number of hydrogen-bond acceptors (Lipinski definition) is 3. The van der Waals surface area contributed by atoms with Crippen LogP contribution in [0.5, 0.6) is 0 Å². The molecule has 17 heavy (non-hydrogen) atoms. The van der Waals surface area contributed by atoms with Gasteiger partial charge in [0.2, 0.25) is 0 Å². The van der Waals surface area contributed by atoms with Crippen molar-refractivity contribution in [2.75, 3.05) is 33.4 Å². The molecule has 3 heteroatoms. The minimum absolute atomic E-state index is 0.722. The van der Waals surface area contributed by atoms with Crippen molar-refractivity contribution in [1.82, 2.24) is 10.2 Å². The third kappa shape index (κ3) is 3.67. The van der Waals surface area contributed by atoms with Gasteiger partial charge in [-0.1, -0.05) is 19.8 Å². The average molecular weight is 240 g/mol. The van der Waals surface area contributed by atoms with Crippen molar-refractivity contribution in [1.29, 1.82) is 0 Å². The molecular formula is C14H28N2O. The summed E-state index contributed by atoms with van der Waals surface area (Å²) < 4.78 is 5.17. The number of likely N-dealkylation sites (N-methyl/N-ethyl adjacent to an activating group) is 1. The Morgan fingerprint density at radius 2 is 2.12 bits per heavy atom. The summed E-state index contributed by atoms with van der Waals surface area (Å²) in [5, 5.41) is 3.85. The van der Waals surface area contributed by atoms with Gasteiger partial charge in [0.25, 0.3) is 0 Å². The molecule has 1 heterocycles. The molecule has 0 aromatic carbocycles. The molecule has 1 aliphatic heterocycles. The smallest absolute Gasteiger partial charge is 0.0589 e. The topological polar surface area (TPSA) is 24.5 Å². The Balaban J connectivity index is 1.75. The minimum Gasteiger partial charge on any atom is -0.383 e. The average Bonchev–Trinajstić information content (AvgIpc) is 2.76. The van der Waals surface area contributed by atoms with Gasteiger partial charge < -0.3 is 10.1 Å². The molecule has 0 spiro atoms. The van der Waals surface area contributed by atoms with Crippen LogP contribution in [0.2, 0.25) is 0 Å². The molecule has 0 amide bonds. The van der Waals surface area contributed by atoms with Crippen LogP contribution in [0.25, 0.3) is 0 Å². The van der Waals surface area contributed by atoms with E-state index in [0.29, 0.717) is 0 Å². The minimum atomic E-state index is 0.722. The van der Waals surface area contributed by atoms with Crippen LogP contribution in [0.1, 0.15) is 39.0 Å². The summed E-state index contributed by atoms with van der Waals surface area (Å²) in [7, 11) is 1.79. The van der Waals surface area contributed by atoms with Crippen LogP contribution in [-0.4, -0.2) is 50.3 Å². The summed E-state index contributed by atoms with van der Waals surface area (Å²) in [6.45, 7) is 6.51. The second kappa shape index (κ2) is 6.72. The van der Waals surface area contributed by atoms with E-state index in [2.05, 4.69) is 17.1 Å². The van der Waals surface area contributed by atoms with Crippen LogP contribution in [0.4, 0.5) is 0 Å². The molecule has 3 unspecified atom stereocenters. The van der Waals surface area contributed by atoms with E-state index in [9.17, 15) is 0 Å². The van der Waals surface area contributed by atoms with E-state index in [1.165, 1.54) is 38.6 Å². The Morgan fingerprint density at radius 1 is 1.29 bits per heavy atom. The van der Waals surface area contributed by atoms with Gasteiger partial charge >= 0.3 is 0 Å². The number of nitrogens with zero attached hydrogens (tertiary/aromatic N) is 1. The van der Waals surface area contributed by atoms with Crippen LogP contribution in [0.15, 0.2) is 0 Å². The number of nitrogens with one attached hydrogen (secondary N) is 1. The molecule has 3 atom stereocenters. The number of rotatable bonds is 6. The summed E-state index contributed by atoms with van der Waals surface area (Å²) in [6, 6.07) is 1.55. The zero-order valence-electron chi connectivity index (χ0n) is 11.5. The molecule has 2 fully saturated rings. The van der Waals surface area contributed by atoms with E-state index < -0.39 is 0 Å². The fourth-order valence-electron chi connectivity index (χ4n) is 3.48. The number of methoxy groups -OCH3 is 1. The zero-order chi connectivity index (χ0) is 12.1. The SMILES string of the molecule is CCN(CCOC)CC1CC2CCCCC2N1. The third-order valence-corrected chi connectivity index (χ3v) is 4.48. The van der Waals surface area contributed by atoms with Crippen molar-refractivity contribution in [2.24, 2.45) is 5.92 Å². The Morgan fingerprint density at radius 3 is 2.82 bits per heavy atom. The molecule has 3 nitrogen and oxygen atoms in total. The Hall–Kier alpha value is -0.120. The first-order valence-corrected chi connectivity index (χ1v) is 7.30. The van der Waals surface area contributed by atoms with Gasteiger partial charge in [0.15, 0.2) is 0 Å². The monoisotopic (exact) mass is 240 g/mol. The molecule has 1 saturated heterocycles. The maximum absolute atomic E-state index is 5.17. The second-order valence-corrected chi connectivity index (χ2v) is 5.64. The fraction of sp³-hybridized carbons (Fsp3) is 1.00. The number of hydrogen-bond donors (Lipinski definition) is 1. The molecule has 2 aliphatic rings. The summed E-state index contributed by atoms with van der Waals surface area (Å²) in [5.41, 5.74) is 0. The number of ether oxygens (including phenoxy) is 1. The van der Waals surface area contributed by atoms with E-state index in [1.807, 2.05) is 0 Å². The van der Waals surface area contributed by atoms with Crippen molar-refractivity contribution in [3.05, 3.63) is 0 Å². The van der Waals surface area contributed by atoms with Crippen molar-refractivity contribution in [3.63, 3.8) is 0 Å². The lowest BCUT2D eigenvalue weighted by atomic mass is 9.85. The highest BCUT2D eigenvalue weighted by atomic mass is 16.5. The van der Waals surface area contributed by atoms with Crippen LogP contribution in [-0.2, 0) is 4.74 Å². The molecule has 0 bridgehead atoms. The molecule has 1 N–H and O–H groups in total. The highest BCUT2D eigenvalue weighted by molar-refractivity contribution is 4.93. The Bertz CT molecular complexity index is 208. The van der Waals surface area contributed by atoms with Gasteiger partial charge in [0.1, 0.15) is 0 Å². The van der Waals surface area contributed by atoms with E-state index in [-0.39, 0.29) is 0 Å². The molecule has 0 radical (unpaired) electrons. The summed E-state index contributed by atoms with van der Waals surface area (Å²) in [4.78, 5) is 2.51. The van der Waals surface area contributed by atoms with Crippen molar-refractivity contribution in [2.45, 2.75) is 51.1 Å². The van der Waals surface area contributed by atoms with Gasteiger partial charge in [-0.05, 0) is 31.7 Å². The first-order chi connectivity index (χ1) is 8.33. The highest BCUT2D eigenvalue weighted by Gasteiger charge is 2.35. The Labute approximate surface area is 106 Å².